The number of carbonyl (C=O) groups is 1. The van der Waals surface area contributed by atoms with E-state index in [4.69, 9.17) is 4.74 Å². The Balaban J connectivity index is 1.42. The molecule has 6 nitrogen and oxygen atoms in total. The highest BCUT2D eigenvalue weighted by molar-refractivity contribution is 5.90. The number of nitrogens with zero attached hydrogens (tertiary/aromatic N) is 2. The van der Waals surface area contributed by atoms with Crippen molar-refractivity contribution >= 4 is 11.6 Å². The molecule has 1 aromatic heterocycles. The fourth-order valence-corrected chi connectivity index (χ4v) is 2.92. The predicted octanol–water partition coefficient (Wildman–Crippen LogP) is 2.03. The van der Waals surface area contributed by atoms with Gasteiger partial charge in [0.05, 0.1) is 13.2 Å². The standard InChI is InChI=1S/C20H26N4O2/c25-20(6-8-24-9-11-26-12-10-24)23-19-5-1-3-17(13-19)14-22-16-18-4-2-7-21-15-18/h1-5,7,13,15,22H,6,8-12,14,16H2,(H,23,25). The number of hydrogen-bond acceptors (Lipinski definition) is 5. The van der Waals surface area contributed by atoms with Gasteiger partial charge >= 0.3 is 0 Å². The molecule has 1 saturated heterocycles. The molecule has 2 N–H and O–H groups in total. The van der Waals surface area contributed by atoms with Crippen LogP contribution in [0.5, 0.6) is 0 Å². The summed E-state index contributed by atoms with van der Waals surface area (Å²) in [6.45, 7) is 5.63. The van der Waals surface area contributed by atoms with Crippen molar-refractivity contribution in [1.29, 1.82) is 0 Å². The van der Waals surface area contributed by atoms with Gasteiger partial charge in [0.25, 0.3) is 0 Å². The summed E-state index contributed by atoms with van der Waals surface area (Å²) in [5.41, 5.74) is 3.14. The minimum absolute atomic E-state index is 0.0527. The fraction of sp³-hybridized carbons (Fsp3) is 0.400. The second-order valence-corrected chi connectivity index (χ2v) is 6.42. The lowest BCUT2D eigenvalue weighted by Gasteiger charge is -2.26. The summed E-state index contributed by atoms with van der Waals surface area (Å²) >= 11 is 0. The third-order valence-electron chi connectivity index (χ3n) is 4.35. The van der Waals surface area contributed by atoms with Crippen molar-refractivity contribution < 1.29 is 9.53 Å². The molecule has 2 heterocycles. The van der Waals surface area contributed by atoms with Gasteiger partial charge in [0.1, 0.15) is 0 Å². The highest BCUT2D eigenvalue weighted by Gasteiger charge is 2.12. The zero-order chi connectivity index (χ0) is 18.0. The number of rotatable bonds is 8. The molecule has 0 spiro atoms. The van der Waals surface area contributed by atoms with Gasteiger partial charge in [0, 0.05) is 57.2 Å². The summed E-state index contributed by atoms with van der Waals surface area (Å²) < 4.78 is 5.32. The Labute approximate surface area is 154 Å². The van der Waals surface area contributed by atoms with Crippen LogP contribution < -0.4 is 10.6 Å². The molecular weight excluding hydrogens is 328 g/mol. The van der Waals surface area contributed by atoms with Crippen LogP contribution in [0.25, 0.3) is 0 Å². The van der Waals surface area contributed by atoms with E-state index in [0.717, 1.165) is 62.8 Å². The molecule has 0 radical (unpaired) electrons. The number of anilines is 1. The number of pyridine rings is 1. The third kappa shape index (κ3) is 6.22. The minimum Gasteiger partial charge on any atom is -0.379 e. The van der Waals surface area contributed by atoms with Gasteiger partial charge in [-0.2, -0.15) is 0 Å². The van der Waals surface area contributed by atoms with E-state index in [0.29, 0.717) is 6.42 Å². The van der Waals surface area contributed by atoms with Crippen molar-refractivity contribution in [3.05, 3.63) is 59.9 Å². The maximum Gasteiger partial charge on any atom is 0.225 e. The van der Waals surface area contributed by atoms with Gasteiger partial charge in [0.2, 0.25) is 5.91 Å². The summed E-state index contributed by atoms with van der Waals surface area (Å²) in [7, 11) is 0. The van der Waals surface area contributed by atoms with E-state index < -0.39 is 0 Å². The van der Waals surface area contributed by atoms with Crippen LogP contribution in [0.3, 0.4) is 0 Å². The third-order valence-corrected chi connectivity index (χ3v) is 4.35. The number of hydrogen-bond donors (Lipinski definition) is 2. The quantitative estimate of drug-likeness (QED) is 0.759. The SMILES string of the molecule is O=C(CCN1CCOCC1)Nc1cccc(CNCc2cccnc2)c1. The normalized spacial score (nSPS) is 14.9. The summed E-state index contributed by atoms with van der Waals surface area (Å²) in [4.78, 5) is 18.5. The molecule has 138 valence electrons. The van der Waals surface area contributed by atoms with E-state index in [-0.39, 0.29) is 5.91 Å². The highest BCUT2D eigenvalue weighted by atomic mass is 16.5. The Kier molecular flexibility index (Phi) is 7.13. The first kappa shape index (κ1) is 18.5. The Morgan fingerprint density at radius 1 is 1.12 bits per heavy atom. The maximum absolute atomic E-state index is 12.2. The molecule has 1 amide bonds. The van der Waals surface area contributed by atoms with E-state index >= 15 is 0 Å². The van der Waals surface area contributed by atoms with Crippen LogP contribution in [0, 0.1) is 0 Å². The number of benzene rings is 1. The Hall–Kier alpha value is -2.28. The van der Waals surface area contributed by atoms with Gasteiger partial charge in [-0.25, -0.2) is 0 Å². The van der Waals surface area contributed by atoms with Gasteiger partial charge in [0.15, 0.2) is 0 Å². The average Bonchev–Trinajstić information content (AvgIpc) is 2.68. The average molecular weight is 354 g/mol. The van der Waals surface area contributed by atoms with E-state index in [1.165, 1.54) is 0 Å². The number of ether oxygens (including phenoxy) is 1. The maximum atomic E-state index is 12.2. The van der Waals surface area contributed by atoms with Crippen molar-refractivity contribution in [3.63, 3.8) is 0 Å². The van der Waals surface area contributed by atoms with Gasteiger partial charge in [-0.05, 0) is 29.3 Å². The van der Waals surface area contributed by atoms with Crippen molar-refractivity contribution in [2.24, 2.45) is 0 Å². The molecular formula is C20H26N4O2. The van der Waals surface area contributed by atoms with Crippen LogP contribution in [0.4, 0.5) is 5.69 Å². The van der Waals surface area contributed by atoms with Crippen molar-refractivity contribution in [3.8, 4) is 0 Å². The topological polar surface area (TPSA) is 66.5 Å². The van der Waals surface area contributed by atoms with Gasteiger partial charge in [-0.15, -0.1) is 0 Å². The molecule has 1 fully saturated rings. The van der Waals surface area contributed by atoms with Crippen LogP contribution in [0.1, 0.15) is 17.5 Å². The molecule has 1 aliphatic heterocycles. The van der Waals surface area contributed by atoms with Crippen LogP contribution in [-0.4, -0.2) is 48.6 Å². The van der Waals surface area contributed by atoms with Crippen LogP contribution in [-0.2, 0) is 22.6 Å². The van der Waals surface area contributed by atoms with Gasteiger partial charge in [-0.3, -0.25) is 14.7 Å². The largest absolute Gasteiger partial charge is 0.379 e. The van der Waals surface area contributed by atoms with Gasteiger partial charge < -0.3 is 15.4 Å². The lowest BCUT2D eigenvalue weighted by Crippen LogP contribution is -2.38. The molecule has 1 aromatic carbocycles. The van der Waals surface area contributed by atoms with Crippen molar-refractivity contribution in [2.45, 2.75) is 19.5 Å². The molecule has 0 aliphatic carbocycles. The molecule has 3 rings (SSSR count). The monoisotopic (exact) mass is 354 g/mol. The first-order valence-electron chi connectivity index (χ1n) is 9.08. The smallest absolute Gasteiger partial charge is 0.225 e. The number of aromatic nitrogens is 1. The number of morpholine rings is 1. The second-order valence-electron chi connectivity index (χ2n) is 6.42. The van der Waals surface area contributed by atoms with Crippen molar-refractivity contribution in [2.75, 3.05) is 38.2 Å². The number of carbonyl (C=O) groups excluding carboxylic acids is 1. The molecule has 6 heteroatoms. The molecule has 0 unspecified atom stereocenters. The zero-order valence-electron chi connectivity index (χ0n) is 15.0. The lowest BCUT2D eigenvalue weighted by atomic mass is 10.2. The van der Waals surface area contributed by atoms with E-state index in [1.54, 1.807) is 6.20 Å². The minimum atomic E-state index is 0.0527. The molecule has 26 heavy (non-hydrogen) atoms. The van der Waals surface area contributed by atoms with Crippen LogP contribution in [0.2, 0.25) is 0 Å². The number of nitrogens with one attached hydrogen (secondary N) is 2. The van der Waals surface area contributed by atoms with E-state index in [1.807, 2.05) is 36.5 Å². The Morgan fingerprint density at radius 2 is 1.92 bits per heavy atom. The summed E-state index contributed by atoms with van der Waals surface area (Å²) in [5.74, 6) is 0.0527. The highest BCUT2D eigenvalue weighted by Crippen LogP contribution is 2.11. The Bertz CT molecular complexity index is 687. The fourth-order valence-electron chi connectivity index (χ4n) is 2.92. The second kappa shape index (κ2) is 10.0. The van der Waals surface area contributed by atoms with Crippen molar-refractivity contribution in [1.82, 2.24) is 15.2 Å². The zero-order valence-corrected chi connectivity index (χ0v) is 15.0. The molecule has 0 bridgehead atoms. The lowest BCUT2D eigenvalue weighted by molar-refractivity contribution is -0.116. The van der Waals surface area contributed by atoms with Crippen LogP contribution in [0.15, 0.2) is 48.8 Å². The summed E-state index contributed by atoms with van der Waals surface area (Å²) in [5, 5.41) is 6.39. The van der Waals surface area contributed by atoms with E-state index in [9.17, 15) is 4.79 Å². The molecule has 0 saturated carbocycles. The molecule has 1 aliphatic rings. The van der Waals surface area contributed by atoms with Crippen LogP contribution >= 0.6 is 0 Å². The van der Waals surface area contributed by atoms with Gasteiger partial charge in [-0.1, -0.05) is 18.2 Å². The first-order chi connectivity index (χ1) is 12.8. The molecule has 0 atom stereocenters. The molecule has 2 aromatic rings. The number of amides is 1. The summed E-state index contributed by atoms with van der Waals surface area (Å²) in [6, 6.07) is 12.0. The van der Waals surface area contributed by atoms with E-state index in [2.05, 4.69) is 26.6 Å². The predicted molar refractivity (Wildman–Crippen MR) is 102 cm³/mol. The summed E-state index contributed by atoms with van der Waals surface area (Å²) in [6.07, 6.45) is 4.14. The first-order valence-corrected chi connectivity index (χ1v) is 9.08. The Morgan fingerprint density at radius 3 is 2.73 bits per heavy atom.